The second-order valence-corrected chi connectivity index (χ2v) is 9.98. The fourth-order valence-corrected chi connectivity index (χ4v) is 8.49. The topological polar surface area (TPSA) is 59.1 Å². The number of hydrogen-bond donors (Lipinski definition) is 0. The van der Waals surface area contributed by atoms with Crippen LogP contribution in [0.15, 0.2) is 24.3 Å². The van der Waals surface area contributed by atoms with Crippen molar-refractivity contribution in [1.29, 1.82) is 0 Å². The number of fused-ring (bicyclic) bond motifs is 2. The van der Waals surface area contributed by atoms with E-state index in [1.54, 1.807) is 6.92 Å². The number of carbonyl (C=O) groups excluding carboxylic acids is 2. The Bertz CT molecular complexity index is 934. The number of para-hydroxylation sites is 1. The average Bonchev–Trinajstić information content (AvgIpc) is 3.10. The van der Waals surface area contributed by atoms with E-state index in [0.29, 0.717) is 29.8 Å². The van der Waals surface area contributed by atoms with E-state index >= 15 is 0 Å². The lowest BCUT2D eigenvalue weighted by atomic mass is 9.62. The molecule has 5 aliphatic heterocycles. The summed E-state index contributed by atoms with van der Waals surface area (Å²) in [4.78, 5) is 29.2. The number of hydrogen-bond acceptors (Lipinski definition) is 6. The second-order valence-electron chi connectivity index (χ2n) is 9.98. The van der Waals surface area contributed by atoms with Gasteiger partial charge in [-0.3, -0.25) is 14.5 Å². The van der Waals surface area contributed by atoms with Crippen LogP contribution in [0.4, 0.5) is 5.69 Å². The van der Waals surface area contributed by atoms with E-state index in [1.807, 2.05) is 0 Å². The summed E-state index contributed by atoms with van der Waals surface area (Å²) in [6, 6.07) is 9.46. The molecule has 6 heteroatoms. The number of nitrogens with zero attached hydrogens (tertiary/aromatic N) is 2. The van der Waals surface area contributed by atoms with Gasteiger partial charge in [0.25, 0.3) is 0 Å². The van der Waals surface area contributed by atoms with Crippen LogP contribution in [0.2, 0.25) is 0 Å². The van der Waals surface area contributed by atoms with Crippen molar-refractivity contribution in [2.75, 3.05) is 11.9 Å². The van der Waals surface area contributed by atoms with Gasteiger partial charge in [0.15, 0.2) is 6.23 Å². The van der Waals surface area contributed by atoms with E-state index in [9.17, 15) is 9.59 Å². The number of rotatable bonds is 3. The first kappa shape index (κ1) is 18.7. The number of ether oxygens (including phenoxy) is 2. The number of piperidine rings is 4. The molecule has 0 amide bonds. The minimum Gasteiger partial charge on any atom is -0.461 e. The molecule has 1 spiro atoms. The lowest BCUT2D eigenvalue weighted by molar-refractivity contribution is -0.228. The van der Waals surface area contributed by atoms with Gasteiger partial charge in [-0.05, 0) is 36.8 Å². The molecule has 4 unspecified atom stereocenters. The van der Waals surface area contributed by atoms with Crippen LogP contribution in [0.1, 0.15) is 45.6 Å². The van der Waals surface area contributed by atoms with Gasteiger partial charge in [0, 0.05) is 50.5 Å². The Morgan fingerprint density at radius 3 is 2.57 bits per heavy atom. The highest BCUT2D eigenvalue weighted by atomic mass is 16.6. The van der Waals surface area contributed by atoms with Crippen molar-refractivity contribution in [3.63, 3.8) is 0 Å². The molecule has 7 rings (SSSR count). The molecule has 1 aliphatic carbocycles. The van der Waals surface area contributed by atoms with Gasteiger partial charge in [0.05, 0.1) is 11.5 Å². The third-order valence-corrected chi connectivity index (χ3v) is 8.98. The molecule has 4 saturated heterocycles. The van der Waals surface area contributed by atoms with Gasteiger partial charge in [-0.15, -0.1) is 0 Å². The fourth-order valence-electron chi connectivity index (χ4n) is 8.49. The lowest BCUT2D eigenvalue weighted by Crippen LogP contribution is -2.73. The van der Waals surface area contributed by atoms with Crippen molar-refractivity contribution >= 4 is 17.6 Å². The number of likely N-dealkylation sites (N-methyl/N-ethyl adjacent to an activating group) is 1. The van der Waals surface area contributed by atoms with Crippen molar-refractivity contribution in [2.45, 2.75) is 75.9 Å². The quantitative estimate of drug-likeness (QED) is 0.714. The van der Waals surface area contributed by atoms with Crippen LogP contribution in [0.3, 0.4) is 0 Å². The normalized spacial score (nSPS) is 46.5. The Balaban J connectivity index is 1.56. The summed E-state index contributed by atoms with van der Waals surface area (Å²) < 4.78 is 12.2. The third-order valence-electron chi connectivity index (χ3n) is 8.98. The van der Waals surface area contributed by atoms with Gasteiger partial charge in [0.1, 0.15) is 6.10 Å². The van der Waals surface area contributed by atoms with E-state index in [4.69, 9.17) is 9.47 Å². The van der Waals surface area contributed by atoms with Gasteiger partial charge in [-0.1, -0.05) is 25.1 Å². The van der Waals surface area contributed by atoms with Crippen molar-refractivity contribution in [2.24, 2.45) is 17.8 Å². The molecule has 30 heavy (non-hydrogen) atoms. The van der Waals surface area contributed by atoms with Crippen LogP contribution in [0.25, 0.3) is 0 Å². The number of carbonyl (C=O) groups is 2. The van der Waals surface area contributed by atoms with Crippen molar-refractivity contribution in [3.8, 4) is 0 Å². The Labute approximate surface area is 177 Å². The zero-order valence-corrected chi connectivity index (χ0v) is 18.1. The average molecular weight is 411 g/mol. The smallest absolute Gasteiger partial charge is 0.304 e. The monoisotopic (exact) mass is 410 g/mol. The van der Waals surface area contributed by atoms with Gasteiger partial charge in [-0.25, -0.2) is 0 Å². The standard InChI is InChI=1S/C24H30N2O4/c1-5-14-15-10-18-21-24(16-8-6-7-9-17(16)25(21)4)11-19(20(15)22(24)29-12(2)27)26(18)23(14)30-13(3)28/h6-9,14-15,18-23H,5,10-11H2,1-4H3/t14-,15+,18?,19-,20?,21-,22?,23+,24+/m0/s1. The van der Waals surface area contributed by atoms with Crippen LogP contribution in [0, 0.1) is 17.8 Å². The molecule has 5 bridgehead atoms. The second kappa shape index (κ2) is 6.00. The van der Waals surface area contributed by atoms with Crippen molar-refractivity contribution in [1.82, 2.24) is 4.90 Å². The van der Waals surface area contributed by atoms with Gasteiger partial charge in [-0.2, -0.15) is 0 Å². The number of esters is 2. The zero-order chi connectivity index (χ0) is 20.9. The van der Waals surface area contributed by atoms with Crippen LogP contribution >= 0.6 is 0 Å². The van der Waals surface area contributed by atoms with Gasteiger partial charge in [0.2, 0.25) is 0 Å². The SMILES string of the molecule is CC[C@@H]1[C@@H](OC(C)=O)N2C3C[C@H]1C1C(OC(C)=O)[C@]4(C[C@@H]12)c1ccccc1N(C)[C@@H]34. The highest BCUT2D eigenvalue weighted by Gasteiger charge is 2.78. The van der Waals surface area contributed by atoms with E-state index in [0.717, 1.165) is 19.3 Å². The van der Waals surface area contributed by atoms with E-state index in [1.165, 1.54) is 18.2 Å². The molecule has 1 saturated carbocycles. The molecule has 5 heterocycles. The highest BCUT2D eigenvalue weighted by molar-refractivity contribution is 5.70. The Morgan fingerprint density at radius 1 is 1.13 bits per heavy atom. The summed E-state index contributed by atoms with van der Waals surface area (Å²) in [6.45, 7) is 5.26. The largest absolute Gasteiger partial charge is 0.461 e. The van der Waals surface area contributed by atoms with E-state index in [2.05, 4.69) is 48.0 Å². The molecular weight excluding hydrogens is 380 g/mol. The molecule has 1 aromatic rings. The maximum Gasteiger partial charge on any atom is 0.304 e. The highest BCUT2D eigenvalue weighted by Crippen LogP contribution is 2.69. The first-order valence-corrected chi connectivity index (χ1v) is 11.3. The first-order chi connectivity index (χ1) is 14.4. The van der Waals surface area contributed by atoms with Crippen molar-refractivity contribution < 1.29 is 19.1 Å². The maximum atomic E-state index is 12.3. The van der Waals surface area contributed by atoms with Crippen LogP contribution in [-0.2, 0) is 24.5 Å². The lowest BCUT2D eigenvalue weighted by Gasteiger charge is -2.62. The Morgan fingerprint density at radius 2 is 1.87 bits per heavy atom. The molecule has 6 nitrogen and oxygen atoms in total. The molecule has 10 atom stereocenters. The molecule has 1 aromatic carbocycles. The van der Waals surface area contributed by atoms with E-state index in [-0.39, 0.29) is 35.7 Å². The van der Waals surface area contributed by atoms with Crippen LogP contribution in [-0.4, -0.2) is 54.3 Å². The molecule has 160 valence electrons. The maximum absolute atomic E-state index is 12.3. The molecule has 6 aliphatic rings. The third kappa shape index (κ3) is 1.99. The number of anilines is 1. The molecular formula is C24H30N2O4. The zero-order valence-electron chi connectivity index (χ0n) is 18.1. The molecule has 0 N–H and O–H groups in total. The predicted octanol–water partition coefficient (Wildman–Crippen LogP) is 2.70. The fraction of sp³-hybridized carbons (Fsp3) is 0.667. The summed E-state index contributed by atoms with van der Waals surface area (Å²) in [5.74, 6) is 0.608. The summed E-state index contributed by atoms with van der Waals surface area (Å²) in [6.07, 6.45) is 2.72. The Hall–Kier alpha value is -2.08. The van der Waals surface area contributed by atoms with E-state index < -0.39 is 0 Å². The molecule has 0 aromatic heterocycles. The summed E-state index contributed by atoms with van der Waals surface area (Å²) in [5, 5.41) is 0. The number of benzene rings is 1. The molecule has 0 radical (unpaired) electrons. The van der Waals surface area contributed by atoms with Gasteiger partial charge < -0.3 is 14.4 Å². The van der Waals surface area contributed by atoms with Crippen molar-refractivity contribution in [3.05, 3.63) is 29.8 Å². The predicted molar refractivity (Wildman–Crippen MR) is 111 cm³/mol. The minimum atomic E-state index is -0.203. The summed E-state index contributed by atoms with van der Waals surface area (Å²) >= 11 is 0. The summed E-state index contributed by atoms with van der Waals surface area (Å²) in [7, 11) is 2.18. The van der Waals surface area contributed by atoms with Crippen LogP contribution in [0.5, 0.6) is 0 Å². The Kier molecular flexibility index (Phi) is 3.73. The van der Waals surface area contributed by atoms with Gasteiger partial charge >= 0.3 is 11.9 Å². The minimum absolute atomic E-state index is 0.122. The first-order valence-electron chi connectivity index (χ1n) is 11.3. The summed E-state index contributed by atoms with van der Waals surface area (Å²) in [5.41, 5.74) is 2.41. The molecule has 5 fully saturated rings. The van der Waals surface area contributed by atoms with Crippen LogP contribution < -0.4 is 4.90 Å².